The molecule has 0 bridgehead atoms. The molecular weight excluding hydrogens is 260 g/mol. The molecule has 0 saturated carbocycles. The first-order chi connectivity index (χ1) is 7.56. The molecular formula is C15H29O2Ti-. The summed E-state index contributed by atoms with van der Waals surface area (Å²) in [5.41, 5.74) is -0.569. The molecule has 3 heteroatoms. The average Bonchev–Trinajstić information content (AvgIpc) is 2.54. The zero-order chi connectivity index (χ0) is 14.1. The van der Waals surface area contributed by atoms with Gasteiger partial charge in [-0.05, 0) is 26.2 Å². The first-order valence-electron chi connectivity index (χ1n) is 6.07. The average molecular weight is 289 g/mol. The Labute approximate surface area is 128 Å². The van der Waals surface area contributed by atoms with E-state index >= 15 is 0 Å². The van der Waals surface area contributed by atoms with Crippen molar-refractivity contribution in [1.82, 2.24) is 0 Å². The van der Waals surface area contributed by atoms with E-state index in [1.165, 1.54) is 0 Å². The number of hydrogen-bond acceptors (Lipinski definition) is 2. The van der Waals surface area contributed by atoms with E-state index in [2.05, 4.69) is 19.1 Å². The van der Waals surface area contributed by atoms with Crippen LogP contribution >= 0.6 is 0 Å². The molecule has 1 aliphatic rings. The van der Waals surface area contributed by atoms with E-state index in [-0.39, 0.29) is 33.7 Å². The van der Waals surface area contributed by atoms with Crippen LogP contribution in [0.1, 0.15) is 41.5 Å². The Balaban J connectivity index is -0.000000200. The van der Waals surface area contributed by atoms with E-state index in [0.717, 1.165) is 0 Å². The van der Waals surface area contributed by atoms with Gasteiger partial charge in [-0.3, -0.25) is 0 Å². The normalized spacial score (nSPS) is 14.1. The molecule has 0 saturated heterocycles. The maximum Gasteiger partial charge on any atom is 0.0639 e. The topological polar surface area (TPSA) is 40.5 Å². The van der Waals surface area contributed by atoms with Crippen molar-refractivity contribution in [3.63, 3.8) is 0 Å². The standard InChI is InChI=1S/C7H16O.C6H7.C2H6O.Ti/c1-6(2,3)7(4,5)8;1-6-4-2-3-5-6;1-2-3;/h8H,1-5H3;2-6H,1H2;3H,2H2,1H3;/q;-1;;. The van der Waals surface area contributed by atoms with Crippen molar-refractivity contribution in [2.75, 3.05) is 6.61 Å². The molecule has 0 aliphatic heterocycles. The van der Waals surface area contributed by atoms with E-state index in [9.17, 15) is 5.11 Å². The van der Waals surface area contributed by atoms with Crippen LogP contribution in [0, 0.1) is 18.3 Å². The summed E-state index contributed by atoms with van der Waals surface area (Å²) in [5, 5.41) is 16.9. The third kappa shape index (κ3) is 14.2. The van der Waals surface area contributed by atoms with Crippen LogP contribution in [-0.2, 0) is 21.7 Å². The van der Waals surface area contributed by atoms with Gasteiger partial charge in [-0.15, -0.1) is 18.1 Å². The molecule has 2 N–H and O–H groups in total. The first-order valence-corrected chi connectivity index (χ1v) is 6.07. The first kappa shape index (κ1) is 23.2. The smallest absolute Gasteiger partial charge is 0.0639 e. The van der Waals surface area contributed by atoms with Gasteiger partial charge in [0, 0.05) is 28.3 Å². The zero-order valence-electron chi connectivity index (χ0n) is 12.7. The molecule has 18 heavy (non-hydrogen) atoms. The number of aliphatic hydroxyl groups is 2. The largest absolute Gasteiger partial charge is 0.397 e. The second-order valence-corrected chi connectivity index (χ2v) is 5.56. The van der Waals surface area contributed by atoms with E-state index in [0.29, 0.717) is 5.92 Å². The minimum atomic E-state index is -0.562. The molecule has 0 fully saturated rings. The van der Waals surface area contributed by atoms with E-state index in [1.807, 2.05) is 46.8 Å². The quantitative estimate of drug-likeness (QED) is 0.530. The fourth-order valence-electron chi connectivity index (χ4n) is 0.478. The zero-order valence-corrected chi connectivity index (χ0v) is 14.3. The van der Waals surface area contributed by atoms with E-state index in [1.54, 1.807) is 6.92 Å². The van der Waals surface area contributed by atoms with Crippen molar-refractivity contribution >= 4 is 0 Å². The summed E-state index contributed by atoms with van der Waals surface area (Å²) in [7, 11) is 0. The van der Waals surface area contributed by atoms with Gasteiger partial charge in [0.25, 0.3) is 0 Å². The summed E-state index contributed by atoms with van der Waals surface area (Å²) in [4.78, 5) is 0. The maximum atomic E-state index is 9.35. The van der Waals surface area contributed by atoms with Crippen LogP contribution in [0.3, 0.4) is 0 Å². The minimum absolute atomic E-state index is 0. The molecule has 106 valence electrons. The fourth-order valence-corrected chi connectivity index (χ4v) is 0.478. The van der Waals surface area contributed by atoms with Crippen molar-refractivity contribution in [3.8, 4) is 0 Å². The number of hydrogen-bond donors (Lipinski definition) is 2. The van der Waals surface area contributed by atoms with Crippen LogP contribution < -0.4 is 0 Å². The van der Waals surface area contributed by atoms with E-state index in [4.69, 9.17) is 5.11 Å². The molecule has 2 nitrogen and oxygen atoms in total. The van der Waals surface area contributed by atoms with Gasteiger partial charge in [0.05, 0.1) is 5.60 Å². The third-order valence-corrected chi connectivity index (χ3v) is 2.66. The molecule has 0 unspecified atom stereocenters. The van der Waals surface area contributed by atoms with Gasteiger partial charge >= 0.3 is 0 Å². The Bertz CT molecular complexity index is 208. The van der Waals surface area contributed by atoms with Crippen molar-refractivity contribution in [2.45, 2.75) is 47.1 Å². The van der Waals surface area contributed by atoms with Crippen molar-refractivity contribution in [2.24, 2.45) is 11.3 Å². The van der Waals surface area contributed by atoms with Crippen LogP contribution in [0.15, 0.2) is 24.3 Å². The molecule has 0 heterocycles. The molecule has 1 rings (SSSR count). The van der Waals surface area contributed by atoms with Crippen molar-refractivity contribution in [3.05, 3.63) is 31.2 Å². The van der Waals surface area contributed by atoms with Crippen LogP contribution in [0.2, 0.25) is 0 Å². The summed E-state index contributed by atoms with van der Waals surface area (Å²) < 4.78 is 0. The molecule has 0 aromatic carbocycles. The summed E-state index contributed by atoms with van der Waals surface area (Å²) in [6.07, 6.45) is 8.13. The van der Waals surface area contributed by atoms with Gasteiger partial charge in [0.2, 0.25) is 0 Å². The Kier molecular flexibility index (Phi) is 14.2. The Morgan fingerprint density at radius 1 is 1.06 bits per heavy atom. The molecule has 1 aliphatic carbocycles. The fraction of sp³-hybridized carbons (Fsp3) is 0.667. The summed E-state index contributed by atoms with van der Waals surface area (Å²) in [6.45, 7) is 15.4. The monoisotopic (exact) mass is 289 g/mol. The molecule has 0 amide bonds. The molecule has 0 aromatic heterocycles. The Morgan fingerprint density at radius 3 is 1.33 bits per heavy atom. The van der Waals surface area contributed by atoms with Gasteiger partial charge in [-0.2, -0.15) is 0 Å². The molecule has 0 aromatic rings. The van der Waals surface area contributed by atoms with Crippen LogP contribution in [-0.4, -0.2) is 22.4 Å². The van der Waals surface area contributed by atoms with Crippen LogP contribution in [0.5, 0.6) is 0 Å². The predicted molar refractivity (Wildman–Crippen MR) is 75.6 cm³/mol. The van der Waals surface area contributed by atoms with Crippen LogP contribution in [0.25, 0.3) is 0 Å². The minimum Gasteiger partial charge on any atom is -0.397 e. The summed E-state index contributed by atoms with van der Waals surface area (Å²) in [6, 6.07) is 0. The van der Waals surface area contributed by atoms with Crippen molar-refractivity contribution in [1.29, 1.82) is 0 Å². The van der Waals surface area contributed by atoms with E-state index < -0.39 is 5.60 Å². The van der Waals surface area contributed by atoms with Gasteiger partial charge in [-0.1, -0.05) is 32.9 Å². The third-order valence-electron chi connectivity index (χ3n) is 2.66. The Morgan fingerprint density at radius 2 is 1.28 bits per heavy atom. The maximum absolute atomic E-state index is 9.35. The number of aliphatic hydroxyl groups excluding tert-OH is 1. The second-order valence-electron chi connectivity index (χ2n) is 5.56. The van der Waals surface area contributed by atoms with Gasteiger partial charge in [-0.25, -0.2) is 0 Å². The molecule has 0 atom stereocenters. The molecule has 0 radical (unpaired) electrons. The second kappa shape index (κ2) is 11.0. The summed E-state index contributed by atoms with van der Waals surface area (Å²) in [5.74, 6) is 0.435. The number of rotatable bonds is 0. The van der Waals surface area contributed by atoms with Gasteiger partial charge in [0.1, 0.15) is 0 Å². The number of allylic oxidation sites excluding steroid dienone is 4. The predicted octanol–water partition coefficient (Wildman–Crippen LogP) is 3.36. The van der Waals surface area contributed by atoms with Crippen molar-refractivity contribution < 1.29 is 31.9 Å². The van der Waals surface area contributed by atoms with Gasteiger partial charge < -0.3 is 17.1 Å². The Hall–Kier alpha value is 0.114. The van der Waals surface area contributed by atoms with Gasteiger partial charge in [0.15, 0.2) is 0 Å². The summed E-state index contributed by atoms with van der Waals surface area (Å²) >= 11 is 0. The molecule has 0 spiro atoms. The SMILES string of the molecule is CC(C)(C)C(C)(C)O.CCO.[CH2-]C1C=CC=C1.[Ti]. The van der Waals surface area contributed by atoms with Crippen LogP contribution in [0.4, 0.5) is 0 Å².